The van der Waals surface area contributed by atoms with Crippen molar-refractivity contribution in [1.29, 1.82) is 0 Å². The molecule has 0 spiro atoms. The van der Waals surface area contributed by atoms with Gasteiger partial charge in [0.2, 0.25) is 0 Å². The highest BCUT2D eigenvalue weighted by Gasteiger charge is 2.26. The first-order valence-electron chi connectivity index (χ1n) is 11.4. The molecule has 0 unspecified atom stereocenters. The van der Waals surface area contributed by atoms with Crippen LogP contribution in [-0.4, -0.2) is 27.5 Å². The Morgan fingerprint density at radius 1 is 0.943 bits per heavy atom. The molecule has 0 fully saturated rings. The van der Waals surface area contributed by atoms with Gasteiger partial charge in [-0.2, -0.15) is 5.10 Å². The Hall–Kier alpha value is -3.68. The molecule has 0 aliphatic rings. The third-order valence-corrected chi connectivity index (χ3v) is 5.84. The SMILES string of the molecule is CN(/N=C/c1cc(C(C)(C)C)c(O)c(C(C)(C)C)c1)c1cc(=O)n(C)c(=O)n1-c1ccc(F)cc1. The molecular formula is C27H33FN4O3. The van der Waals surface area contributed by atoms with Gasteiger partial charge in [0.25, 0.3) is 5.56 Å². The van der Waals surface area contributed by atoms with E-state index < -0.39 is 17.1 Å². The zero-order valence-corrected chi connectivity index (χ0v) is 21.5. The van der Waals surface area contributed by atoms with Gasteiger partial charge in [-0.3, -0.25) is 14.4 Å². The molecule has 0 amide bonds. The summed E-state index contributed by atoms with van der Waals surface area (Å²) in [4.78, 5) is 25.4. The lowest BCUT2D eigenvalue weighted by Crippen LogP contribution is -2.39. The van der Waals surface area contributed by atoms with Crippen molar-refractivity contribution >= 4 is 12.0 Å². The summed E-state index contributed by atoms with van der Waals surface area (Å²) in [5.41, 5.74) is 1.11. The molecule has 1 N–H and O–H groups in total. The van der Waals surface area contributed by atoms with Crippen LogP contribution in [0.5, 0.6) is 5.75 Å². The monoisotopic (exact) mass is 480 g/mol. The predicted octanol–water partition coefficient (Wildman–Crippen LogP) is 4.45. The lowest BCUT2D eigenvalue weighted by atomic mass is 9.78. The molecule has 3 aromatic rings. The summed E-state index contributed by atoms with van der Waals surface area (Å²) in [7, 11) is 3.01. The van der Waals surface area contributed by atoms with Crippen LogP contribution in [0.3, 0.4) is 0 Å². The fourth-order valence-electron chi connectivity index (χ4n) is 3.77. The summed E-state index contributed by atoms with van der Waals surface area (Å²) in [5.74, 6) is 0.0650. The number of aromatic nitrogens is 2. The summed E-state index contributed by atoms with van der Waals surface area (Å²) in [6.45, 7) is 12.2. The molecule has 7 nitrogen and oxygen atoms in total. The van der Waals surface area contributed by atoms with E-state index in [0.717, 1.165) is 21.3 Å². The number of rotatable bonds is 4. The second kappa shape index (κ2) is 9.17. The minimum atomic E-state index is -0.573. The van der Waals surface area contributed by atoms with Crippen molar-refractivity contribution in [2.24, 2.45) is 12.1 Å². The maximum absolute atomic E-state index is 13.5. The normalized spacial score (nSPS) is 12.4. The van der Waals surface area contributed by atoms with Crippen LogP contribution in [-0.2, 0) is 17.9 Å². The van der Waals surface area contributed by atoms with Gasteiger partial charge >= 0.3 is 5.69 Å². The number of phenols is 1. The van der Waals surface area contributed by atoms with Crippen LogP contribution in [0, 0.1) is 5.82 Å². The van der Waals surface area contributed by atoms with Crippen molar-refractivity contribution in [2.45, 2.75) is 52.4 Å². The molecule has 0 saturated carbocycles. The second-order valence-corrected chi connectivity index (χ2v) is 10.7. The average Bonchev–Trinajstić information content (AvgIpc) is 2.75. The molecule has 186 valence electrons. The van der Waals surface area contributed by atoms with Gasteiger partial charge in [-0.15, -0.1) is 0 Å². The van der Waals surface area contributed by atoms with Gasteiger partial charge in [0.1, 0.15) is 17.4 Å². The maximum atomic E-state index is 13.5. The Morgan fingerprint density at radius 2 is 1.46 bits per heavy atom. The second-order valence-electron chi connectivity index (χ2n) is 10.7. The summed E-state index contributed by atoms with van der Waals surface area (Å²) in [6, 6.07) is 10.5. The van der Waals surface area contributed by atoms with Gasteiger partial charge in [0, 0.05) is 31.3 Å². The fourth-order valence-corrected chi connectivity index (χ4v) is 3.77. The molecule has 0 bridgehead atoms. The number of hydrogen-bond donors (Lipinski definition) is 1. The first kappa shape index (κ1) is 25.9. The van der Waals surface area contributed by atoms with Gasteiger partial charge in [-0.05, 0) is 52.8 Å². The van der Waals surface area contributed by atoms with Crippen LogP contribution >= 0.6 is 0 Å². The van der Waals surface area contributed by atoms with E-state index in [0.29, 0.717) is 5.69 Å². The quantitative estimate of drug-likeness (QED) is 0.442. The Balaban J connectivity index is 2.14. The third kappa shape index (κ3) is 5.37. The molecular weight excluding hydrogens is 447 g/mol. The lowest BCUT2D eigenvalue weighted by Gasteiger charge is -2.27. The summed E-state index contributed by atoms with van der Waals surface area (Å²) >= 11 is 0. The zero-order valence-electron chi connectivity index (χ0n) is 21.5. The smallest absolute Gasteiger partial charge is 0.336 e. The van der Waals surface area contributed by atoms with Crippen molar-refractivity contribution in [3.63, 3.8) is 0 Å². The number of nitrogens with zero attached hydrogens (tertiary/aromatic N) is 4. The number of anilines is 1. The highest BCUT2D eigenvalue weighted by atomic mass is 19.1. The highest BCUT2D eigenvalue weighted by Crippen LogP contribution is 2.39. The number of aromatic hydroxyl groups is 1. The van der Waals surface area contributed by atoms with E-state index in [4.69, 9.17) is 0 Å². The van der Waals surface area contributed by atoms with E-state index in [2.05, 4.69) is 5.10 Å². The third-order valence-electron chi connectivity index (χ3n) is 5.84. The predicted molar refractivity (Wildman–Crippen MR) is 139 cm³/mol. The summed E-state index contributed by atoms with van der Waals surface area (Å²) in [5, 5.41) is 16.9. The number of hydrazone groups is 1. The molecule has 0 aliphatic carbocycles. The van der Waals surface area contributed by atoms with Crippen LogP contribution in [0.4, 0.5) is 10.2 Å². The van der Waals surface area contributed by atoms with Gasteiger partial charge in [-0.1, -0.05) is 41.5 Å². The molecule has 0 saturated heterocycles. The van der Waals surface area contributed by atoms with Crippen LogP contribution in [0.1, 0.15) is 58.2 Å². The summed E-state index contributed by atoms with van der Waals surface area (Å²) in [6.07, 6.45) is 1.63. The number of benzene rings is 2. The molecule has 35 heavy (non-hydrogen) atoms. The highest BCUT2D eigenvalue weighted by molar-refractivity contribution is 5.82. The Kier molecular flexibility index (Phi) is 6.79. The van der Waals surface area contributed by atoms with Crippen molar-refractivity contribution in [3.8, 4) is 11.4 Å². The molecule has 0 radical (unpaired) electrons. The van der Waals surface area contributed by atoms with Crippen LogP contribution < -0.4 is 16.3 Å². The van der Waals surface area contributed by atoms with E-state index in [1.807, 2.05) is 53.7 Å². The molecule has 1 aromatic heterocycles. The Labute approximate surface area is 204 Å². The van der Waals surface area contributed by atoms with Crippen LogP contribution in [0.2, 0.25) is 0 Å². The van der Waals surface area contributed by atoms with Crippen molar-refractivity contribution in [3.05, 3.63) is 85.8 Å². The Bertz CT molecular complexity index is 1350. The van der Waals surface area contributed by atoms with E-state index >= 15 is 0 Å². The Morgan fingerprint density at radius 3 is 1.94 bits per heavy atom. The minimum absolute atomic E-state index is 0.229. The van der Waals surface area contributed by atoms with Crippen molar-refractivity contribution < 1.29 is 9.50 Å². The first-order chi connectivity index (χ1) is 16.1. The number of hydrogen-bond acceptors (Lipinski definition) is 5. The molecule has 3 rings (SSSR count). The molecule has 2 aromatic carbocycles. The summed E-state index contributed by atoms with van der Waals surface area (Å²) < 4.78 is 15.8. The number of halogens is 1. The first-order valence-corrected chi connectivity index (χ1v) is 11.4. The minimum Gasteiger partial charge on any atom is -0.507 e. The van der Waals surface area contributed by atoms with Gasteiger partial charge < -0.3 is 5.11 Å². The van der Waals surface area contributed by atoms with Gasteiger partial charge in [-0.25, -0.2) is 13.8 Å². The fraction of sp³-hybridized carbons (Fsp3) is 0.370. The van der Waals surface area contributed by atoms with E-state index in [1.165, 1.54) is 47.0 Å². The van der Waals surface area contributed by atoms with Crippen LogP contribution in [0.15, 0.2) is 57.2 Å². The van der Waals surface area contributed by atoms with E-state index in [-0.39, 0.29) is 22.4 Å². The zero-order chi connectivity index (χ0) is 26.3. The van der Waals surface area contributed by atoms with Crippen molar-refractivity contribution in [1.82, 2.24) is 9.13 Å². The lowest BCUT2D eigenvalue weighted by molar-refractivity contribution is 0.423. The molecule has 8 heteroatoms. The van der Waals surface area contributed by atoms with E-state index in [9.17, 15) is 19.1 Å². The largest absolute Gasteiger partial charge is 0.507 e. The number of phenolic OH excluding ortho intramolecular Hbond substituents is 1. The maximum Gasteiger partial charge on any atom is 0.336 e. The van der Waals surface area contributed by atoms with E-state index in [1.54, 1.807) is 13.3 Å². The van der Waals surface area contributed by atoms with Crippen LogP contribution in [0.25, 0.3) is 5.69 Å². The van der Waals surface area contributed by atoms with Crippen molar-refractivity contribution in [2.75, 3.05) is 12.1 Å². The average molecular weight is 481 g/mol. The standard InChI is InChI=1S/C27H33FN4O3/c1-26(2,3)20-13-17(14-21(24(20)34)27(4,5)6)16-29-31(8)22-15-23(33)30(7)25(35)32(22)19-11-9-18(28)10-12-19/h9-16,34H,1-8H3/b29-16+. The van der Waals surface area contributed by atoms with Gasteiger partial charge in [0.05, 0.1) is 11.9 Å². The molecule has 0 aliphatic heterocycles. The topological polar surface area (TPSA) is 79.8 Å². The van der Waals surface area contributed by atoms with Gasteiger partial charge in [0.15, 0.2) is 0 Å². The molecule has 0 atom stereocenters. The molecule has 1 heterocycles.